The molecule has 98 valence electrons. The molecule has 3 rings (SSSR count). The van der Waals surface area contributed by atoms with Crippen molar-refractivity contribution in [3.05, 3.63) is 51.9 Å². The van der Waals surface area contributed by atoms with E-state index in [9.17, 15) is 4.79 Å². The van der Waals surface area contributed by atoms with E-state index in [0.717, 1.165) is 11.3 Å². The first kappa shape index (κ1) is 12.5. The van der Waals surface area contributed by atoms with E-state index < -0.39 is 0 Å². The number of hydrogen-bond acceptors (Lipinski definition) is 3. The van der Waals surface area contributed by atoms with E-state index in [4.69, 9.17) is 9.15 Å². The molecule has 0 bridgehead atoms. The molecule has 19 heavy (non-hydrogen) atoms. The normalized spacial score (nSPS) is 15.9. The van der Waals surface area contributed by atoms with Crippen LogP contribution in [0.1, 0.15) is 35.3 Å². The smallest absolute Gasteiger partial charge is 0.197 e. The fourth-order valence-electron chi connectivity index (χ4n) is 2.27. The van der Waals surface area contributed by atoms with Gasteiger partial charge in [0.25, 0.3) is 0 Å². The molecular formula is C15H13BrO3. The predicted molar refractivity (Wildman–Crippen MR) is 74.8 cm³/mol. The molecular weight excluding hydrogens is 308 g/mol. The van der Waals surface area contributed by atoms with E-state index in [1.54, 1.807) is 12.1 Å². The van der Waals surface area contributed by atoms with Crippen LogP contribution in [0.2, 0.25) is 0 Å². The first-order valence-corrected chi connectivity index (χ1v) is 6.83. The summed E-state index contributed by atoms with van der Waals surface area (Å²) in [6.45, 7) is 4.87. The number of furan rings is 1. The number of fused-ring (bicyclic) bond motifs is 1. The highest BCUT2D eigenvalue weighted by Gasteiger charge is 2.32. The molecule has 0 fully saturated rings. The Labute approximate surface area is 119 Å². The second-order valence-electron chi connectivity index (χ2n) is 5.32. The number of hydrogen-bond donors (Lipinski definition) is 0. The van der Waals surface area contributed by atoms with Crippen molar-refractivity contribution in [3.8, 4) is 5.75 Å². The molecule has 0 spiro atoms. The molecule has 0 saturated carbocycles. The molecule has 0 unspecified atom stereocenters. The third kappa shape index (κ3) is 2.00. The van der Waals surface area contributed by atoms with Crippen LogP contribution in [0.25, 0.3) is 0 Å². The molecule has 0 atom stereocenters. The molecule has 4 heteroatoms. The van der Waals surface area contributed by atoms with Gasteiger partial charge in [0.2, 0.25) is 0 Å². The minimum Gasteiger partial charge on any atom is -0.492 e. The van der Waals surface area contributed by atoms with Gasteiger partial charge >= 0.3 is 0 Å². The monoisotopic (exact) mass is 320 g/mol. The van der Waals surface area contributed by atoms with Crippen LogP contribution in [0.3, 0.4) is 0 Å². The van der Waals surface area contributed by atoms with Gasteiger partial charge in [-0.05, 0) is 40.2 Å². The summed E-state index contributed by atoms with van der Waals surface area (Å²) >= 11 is 3.24. The number of halogens is 1. The van der Waals surface area contributed by atoms with Crippen molar-refractivity contribution in [3.63, 3.8) is 0 Å². The minimum absolute atomic E-state index is 0.0499. The molecule has 1 aliphatic rings. The Balaban J connectivity index is 2.04. The number of ketones is 1. The van der Waals surface area contributed by atoms with Crippen molar-refractivity contribution in [2.45, 2.75) is 19.3 Å². The molecule has 0 aliphatic carbocycles. The van der Waals surface area contributed by atoms with Crippen LogP contribution in [0.15, 0.2) is 39.6 Å². The number of carbonyl (C=O) groups excluding carboxylic acids is 1. The largest absolute Gasteiger partial charge is 0.492 e. The molecule has 0 N–H and O–H groups in total. The SMILES string of the molecule is CC1(C)COc2ccc(C(=O)c3ccoc3Br)cc21. The Bertz CT molecular complexity index is 655. The van der Waals surface area contributed by atoms with E-state index in [2.05, 4.69) is 29.8 Å². The van der Waals surface area contributed by atoms with Crippen LogP contribution in [-0.2, 0) is 5.41 Å². The molecule has 2 heterocycles. The lowest BCUT2D eigenvalue weighted by Gasteiger charge is -2.15. The molecule has 1 aliphatic heterocycles. The average Bonchev–Trinajstić information content (AvgIpc) is 2.93. The van der Waals surface area contributed by atoms with Gasteiger partial charge in [-0.3, -0.25) is 4.79 Å². The van der Waals surface area contributed by atoms with Crippen LogP contribution in [-0.4, -0.2) is 12.4 Å². The summed E-state index contributed by atoms with van der Waals surface area (Å²) in [4.78, 5) is 12.4. The zero-order chi connectivity index (χ0) is 13.6. The quantitative estimate of drug-likeness (QED) is 0.787. The Kier molecular flexibility index (Phi) is 2.78. The van der Waals surface area contributed by atoms with Gasteiger partial charge in [0.05, 0.1) is 18.4 Å². The zero-order valence-electron chi connectivity index (χ0n) is 10.7. The lowest BCUT2D eigenvalue weighted by molar-refractivity contribution is 0.103. The highest BCUT2D eigenvalue weighted by molar-refractivity contribution is 9.10. The predicted octanol–water partition coefficient (Wildman–Crippen LogP) is 3.94. The highest BCUT2D eigenvalue weighted by atomic mass is 79.9. The lowest BCUT2D eigenvalue weighted by atomic mass is 9.85. The maximum absolute atomic E-state index is 12.4. The van der Waals surface area contributed by atoms with Crippen LogP contribution in [0.5, 0.6) is 5.75 Å². The van der Waals surface area contributed by atoms with Crippen molar-refractivity contribution in [1.29, 1.82) is 0 Å². The van der Waals surface area contributed by atoms with E-state index in [-0.39, 0.29) is 11.2 Å². The number of rotatable bonds is 2. The van der Waals surface area contributed by atoms with Crippen molar-refractivity contribution in [1.82, 2.24) is 0 Å². The second kappa shape index (κ2) is 4.23. The van der Waals surface area contributed by atoms with Gasteiger partial charge in [0.15, 0.2) is 10.5 Å². The third-order valence-corrected chi connectivity index (χ3v) is 4.04. The van der Waals surface area contributed by atoms with Crippen molar-refractivity contribution >= 4 is 21.7 Å². The number of ether oxygens (including phenoxy) is 1. The van der Waals surface area contributed by atoms with Crippen LogP contribution >= 0.6 is 15.9 Å². The Hall–Kier alpha value is -1.55. The molecule has 0 radical (unpaired) electrons. The van der Waals surface area contributed by atoms with Gasteiger partial charge in [-0.2, -0.15) is 0 Å². The summed E-state index contributed by atoms with van der Waals surface area (Å²) in [5.41, 5.74) is 2.22. The molecule has 0 amide bonds. The third-order valence-electron chi connectivity index (χ3n) is 3.42. The summed E-state index contributed by atoms with van der Waals surface area (Å²) in [6, 6.07) is 7.25. The molecule has 1 aromatic carbocycles. The lowest BCUT2D eigenvalue weighted by Crippen LogP contribution is -2.18. The van der Waals surface area contributed by atoms with Gasteiger partial charge in [0, 0.05) is 16.5 Å². The highest BCUT2D eigenvalue weighted by Crippen LogP contribution is 2.39. The summed E-state index contributed by atoms with van der Waals surface area (Å²) in [6.07, 6.45) is 1.50. The average molecular weight is 321 g/mol. The summed E-state index contributed by atoms with van der Waals surface area (Å²) in [5, 5.41) is 0. The van der Waals surface area contributed by atoms with Crippen LogP contribution < -0.4 is 4.74 Å². The topological polar surface area (TPSA) is 39.4 Å². The van der Waals surface area contributed by atoms with Crippen molar-refractivity contribution in [2.24, 2.45) is 0 Å². The maximum atomic E-state index is 12.4. The molecule has 2 aromatic rings. The first-order chi connectivity index (χ1) is 8.99. The van der Waals surface area contributed by atoms with Gasteiger partial charge in [-0.15, -0.1) is 0 Å². The van der Waals surface area contributed by atoms with Crippen LogP contribution in [0, 0.1) is 0 Å². The Morgan fingerprint density at radius 2 is 2.11 bits per heavy atom. The molecule has 3 nitrogen and oxygen atoms in total. The van der Waals surface area contributed by atoms with Gasteiger partial charge in [-0.25, -0.2) is 0 Å². The van der Waals surface area contributed by atoms with E-state index in [1.807, 2.05) is 12.1 Å². The van der Waals surface area contributed by atoms with E-state index in [0.29, 0.717) is 22.4 Å². The molecule has 1 aromatic heterocycles. The second-order valence-corrected chi connectivity index (χ2v) is 6.04. The zero-order valence-corrected chi connectivity index (χ0v) is 12.3. The van der Waals surface area contributed by atoms with E-state index >= 15 is 0 Å². The summed E-state index contributed by atoms with van der Waals surface area (Å²) in [5.74, 6) is 0.818. The fraction of sp³-hybridized carbons (Fsp3) is 0.267. The first-order valence-electron chi connectivity index (χ1n) is 6.04. The van der Waals surface area contributed by atoms with Gasteiger partial charge in [-0.1, -0.05) is 13.8 Å². The number of carbonyl (C=O) groups is 1. The Morgan fingerprint density at radius 3 is 2.79 bits per heavy atom. The number of benzene rings is 1. The Morgan fingerprint density at radius 1 is 1.32 bits per heavy atom. The van der Waals surface area contributed by atoms with E-state index in [1.165, 1.54) is 6.26 Å². The van der Waals surface area contributed by atoms with Crippen LogP contribution in [0.4, 0.5) is 0 Å². The van der Waals surface area contributed by atoms with Gasteiger partial charge < -0.3 is 9.15 Å². The summed E-state index contributed by atoms with van der Waals surface area (Å²) < 4.78 is 11.2. The standard InChI is InChI=1S/C15H13BrO3/c1-15(2)8-19-12-4-3-9(7-11(12)15)13(17)10-5-6-18-14(10)16/h3-7H,8H2,1-2H3. The minimum atomic E-state index is -0.0563. The van der Waals surface area contributed by atoms with Gasteiger partial charge in [0.1, 0.15) is 5.75 Å². The van der Waals surface area contributed by atoms with Crippen molar-refractivity contribution < 1.29 is 13.9 Å². The maximum Gasteiger partial charge on any atom is 0.197 e. The fourth-order valence-corrected chi connectivity index (χ4v) is 2.69. The van der Waals surface area contributed by atoms with Crippen molar-refractivity contribution in [2.75, 3.05) is 6.61 Å². The molecule has 0 saturated heterocycles. The summed E-state index contributed by atoms with van der Waals surface area (Å²) in [7, 11) is 0.